The second kappa shape index (κ2) is 8.19. The molecule has 3 aliphatic heterocycles. The van der Waals surface area contributed by atoms with Crippen LogP contribution in [0.5, 0.6) is 5.75 Å². The average molecular weight is 422 g/mol. The largest absolute Gasteiger partial charge is 0.487 e. The molecule has 2 unspecified atom stereocenters. The quantitative estimate of drug-likeness (QED) is 0.815. The van der Waals surface area contributed by atoms with Crippen molar-refractivity contribution in [3.05, 3.63) is 59.4 Å². The zero-order valence-electron chi connectivity index (χ0n) is 17.3. The third-order valence-corrected chi connectivity index (χ3v) is 6.28. The molecule has 1 aromatic carbocycles. The molecule has 1 aromatic heterocycles. The number of likely N-dealkylation sites (tertiary alicyclic amines) is 1. The van der Waals surface area contributed by atoms with Gasteiger partial charge >= 0.3 is 6.03 Å². The molecule has 3 aliphatic rings. The standard InChI is InChI=1S/C23H26N4O4/c24-23(29)27-12-16-11-25-9-8-19(16)21(27)15-4-6-17(7-5-15)31-18-13-26(14-18)22(28)20-3-1-2-10-30-20/h4-9,11,18,20-21H,1-3,10,12-14H2,(H2,24,29). The number of amides is 3. The van der Waals surface area contributed by atoms with Crippen LogP contribution in [0.25, 0.3) is 0 Å². The van der Waals surface area contributed by atoms with E-state index in [-0.39, 0.29) is 24.2 Å². The average Bonchev–Trinajstić information content (AvgIpc) is 3.17. The van der Waals surface area contributed by atoms with Crippen LogP contribution in [-0.2, 0) is 16.1 Å². The first kappa shape index (κ1) is 19.8. The van der Waals surface area contributed by atoms with Gasteiger partial charge in [-0.1, -0.05) is 12.1 Å². The van der Waals surface area contributed by atoms with Gasteiger partial charge in [-0.2, -0.15) is 0 Å². The molecule has 31 heavy (non-hydrogen) atoms. The van der Waals surface area contributed by atoms with Gasteiger partial charge in [0.05, 0.1) is 25.7 Å². The van der Waals surface area contributed by atoms with E-state index in [1.807, 2.05) is 35.2 Å². The van der Waals surface area contributed by atoms with Crippen molar-refractivity contribution in [1.82, 2.24) is 14.8 Å². The minimum absolute atomic E-state index is 0.0150. The van der Waals surface area contributed by atoms with Crippen LogP contribution >= 0.6 is 0 Å². The molecule has 0 aliphatic carbocycles. The Kier molecular flexibility index (Phi) is 5.23. The second-order valence-electron chi connectivity index (χ2n) is 8.35. The van der Waals surface area contributed by atoms with Gasteiger partial charge in [-0.05, 0) is 54.2 Å². The molecule has 2 saturated heterocycles. The van der Waals surface area contributed by atoms with E-state index in [0.717, 1.165) is 41.7 Å². The van der Waals surface area contributed by atoms with Crippen molar-refractivity contribution < 1.29 is 19.1 Å². The summed E-state index contributed by atoms with van der Waals surface area (Å²) < 4.78 is 11.6. The Labute approximate surface area is 180 Å². The number of hydrogen-bond acceptors (Lipinski definition) is 5. The predicted octanol–water partition coefficient (Wildman–Crippen LogP) is 2.22. The number of carbonyl (C=O) groups is 2. The number of hydrogen-bond donors (Lipinski definition) is 1. The summed E-state index contributed by atoms with van der Waals surface area (Å²) in [4.78, 5) is 32.0. The maximum absolute atomic E-state index is 12.5. The van der Waals surface area contributed by atoms with Gasteiger partial charge in [-0.3, -0.25) is 9.78 Å². The van der Waals surface area contributed by atoms with E-state index >= 15 is 0 Å². The van der Waals surface area contributed by atoms with E-state index < -0.39 is 6.03 Å². The number of benzene rings is 1. The summed E-state index contributed by atoms with van der Waals surface area (Å²) in [5, 5.41) is 0. The Morgan fingerprint density at radius 1 is 1.13 bits per heavy atom. The van der Waals surface area contributed by atoms with E-state index in [2.05, 4.69) is 4.98 Å². The molecule has 0 spiro atoms. The molecule has 5 rings (SSSR count). The van der Waals surface area contributed by atoms with Gasteiger partial charge in [-0.25, -0.2) is 4.79 Å². The first-order chi connectivity index (χ1) is 15.1. The monoisotopic (exact) mass is 422 g/mol. The number of urea groups is 1. The normalized spacial score (nSPS) is 23.2. The SMILES string of the molecule is NC(=O)N1Cc2cnccc2C1c1ccc(OC2CN(C(=O)C3CCCCO3)C2)cc1. The number of rotatable bonds is 4. The lowest BCUT2D eigenvalue weighted by Crippen LogP contribution is -2.59. The molecule has 3 amide bonds. The van der Waals surface area contributed by atoms with Crippen molar-refractivity contribution in [3.8, 4) is 5.75 Å². The van der Waals surface area contributed by atoms with Crippen LogP contribution in [0.15, 0.2) is 42.7 Å². The highest BCUT2D eigenvalue weighted by Crippen LogP contribution is 2.38. The molecular weight excluding hydrogens is 396 g/mol. The van der Waals surface area contributed by atoms with E-state index in [4.69, 9.17) is 15.2 Å². The van der Waals surface area contributed by atoms with E-state index in [9.17, 15) is 9.59 Å². The van der Waals surface area contributed by atoms with Crippen LogP contribution in [0.4, 0.5) is 4.79 Å². The first-order valence-electron chi connectivity index (χ1n) is 10.8. The number of nitrogens with zero attached hydrogens (tertiary/aromatic N) is 3. The molecule has 8 heteroatoms. The first-order valence-corrected chi connectivity index (χ1v) is 10.8. The highest BCUT2D eigenvalue weighted by atomic mass is 16.5. The molecule has 2 atom stereocenters. The van der Waals surface area contributed by atoms with Crippen molar-refractivity contribution in [3.63, 3.8) is 0 Å². The Hall–Kier alpha value is -3.13. The molecule has 2 N–H and O–H groups in total. The van der Waals surface area contributed by atoms with Gasteiger partial charge in [0.2, 0.25) is 0 Å². The zero-order valence-corrected chi connectivity index (χ0v) is 17.3. The maximum Gasteiger partial charge on any atom is 0.315 e. The third kappa shape index (κ3) is 3.83. The van der Waals surface area contributed by atoms with Gasteiger partial charge in [0.25, 0.3) is 5.91 Å². The van der Waals surface area contributed by atoms with Crippen LogP contribution < -0.4 is 10.5 Å². The summed E-state index contributed by atoms with van der Waals surface area (Å²) in [5.41, 5.74) is 8.64. The van der Waals surface area contributed by atoms with Crippen molar-refractivity contribution in [1.29, 1.82) is 0 Å². The Morgan fingerprint density at radius 3 is 2.65 bits per heavy atom. The number of ether oxygens (including phenoxy) is 2. The fourth-order valence-electron chi connectivity index (χ4n) is 4.60. The third-order valence-electron chi connectivity index (χ3n) is 6.28. The van der Waals surface area contributed by atoms with Crippen LogP contribution in [0.1, 0.15) is 42.0 Å². The van der Waals surface area contributed by atoms with Gasteiger partial charge in [0.15, 0.2) is 0 Å². The maximum atomic E-state index is 12.5. The minimum Gasteiger partial charge on any atom is -0.487 e. The van der Waals surface area contributed by atoms with Crippen molar-refractivity contribution >= 4 is 11.9 Å². The lowest BCUT2D eigenvalue weighted by molar-refractivity contribution is -0.155. The summed E-state index contributed by atoms with van der Waals surface area (Å²) >= 11 is 0. The van der Waals surface area contributed by atoms with Gasteiger partial charge in [0.1, 0.15) is 18.0 Å². The summed E-state index contributed by atoms with van der Waals surface area (Å²) in [6.07, 6.45) is 6.11. The van der Waals surface area contributed by atoms with E-state index in [1.54, 1.807) is 17.3 Å². The van der Waals surface area contributed by atoms with Crippen molar-refractivity contribution in [2.75, 3.05) is 19.7 Å². The Balaban J connectivity index is 1.21. The molecule has 0 radical (unpaired) electrons. The van der Waals surface area contributed by atoms with E-state index in [0.29, 0.717) is 26.2 Å². The number of aromatic nitrogens is 1. The van der Waals surface area contributed by atoms with Gasteiger partial charge < -0.3 is 25.0 Å². The molecule has 0 saturated carbocycles. The fourth-order valence-corrected chi connectivity index (χ4v) is 4.60. The van der Waals surface area contributed by atoms with Crippen LogP contribution in [0, 0.1) is 0 Å². The van der Waals surface area contributed by atoms with Crippen molar-refractivity contribution in [2.45, 2.75) is 44.1 Å². The molecular formula is C23H26N4O4. The van der Waals surface area contributed by atoms with Gasteiger partial charge in [-0.15, -0.1) is 0 Å². The number of carbonyl (C=O) groups excluding carboxylic acids is 2. The molecule has 8 nitrogen and oxygen atoms in total. The van der Waals surface area contributed by atoms with Crippen LogP contribution in [0.2, 0.25) is 0 Å². The second-order valence-corrected chi connectivity index (χ2v) is 8.35. The lowest BCUT2D eigenvalue weighted by Gasteiger charge is -2.41. The number of primary amides is 1. The summed E-state index contributed by atoms with van der Waals surface area (Å²) in [7, 11) is 0. The Bertz CT molecular complexity index is 968. The molecule has 4 heterocycles. The van der Waals surface area contributed by atoms with Crippen LogP contribution in [0.3, 0.4) is 0 Å². The number of nitrogens with two attached hydrogens (primary N) is 1. The molecule has 2 fully saturated rings. The zero-order chi connectivity index (χ0) is 21.4. The summed E-state index contributed by atoms with van der Waals surface area (Å²) in [6.45, 7) is 2.29. The molecule has 162 valence electrons. The fraction of sp³-hybridized carbons (Fsp3) is 0.435. The number of pyridine rings is 1. The lowest BCUT2D eigenvalue weighted by atomic mass is 9.99. The minimum atomic E-state index is -0.456. The smallest absolute Gasteiger partial charge is 0.315 e. The Morgan fingerprint density at radius 2 is 1.94 bits per heavy atom. The molecule has 2 aromatic rings. The highest BCUT2D eigenvalue weighted by molar-refractivity contribution is 5.82. The van der Waals surface area contributed by atoms with E-state index in [1.165, 1.54) is 0 Å². The summed E-state index contributed by atoms with van der Waals surface area (Å²) in [6, 6.07) is 8.99. The number of fused-ring (bicyclic) bond motifs is 1. The van der Waals surface area contributed by atoms with Crippen LogP contribution in [-0.4, -0.2) is 58.6 Å². The molecule has 0 bridgehead atoms. The predicted molar refractivity (Wildman–Crippen MR) is 112 cm³/mol. The van der Waals surface area contributed by atoms with Gasteiger partial charge in [0, 0.05) is 19.0 Å². The topological polar surface area (TPSA) is 98.0 Å². The summed E-state index contributed by atoms with van der Waals surface area (Å²) in [5.74, 6) is 0.823. The van der Waals surface area contributed by atoms with Crippen molar-refractivity contribution in [2.24, 2.45) is 5.73 Å². The highest BCUT2D eigenvalue weighted by Gasteiger charge is 2.37.